The van der Waals surface area contributed by atoms with Crippen molar-refractivity contribution < 1.29 is 4.85 Å². The molecule has 0 aliphatic carbocycles. The van der Waals surface area contributed by atoms with Crippen LogP contribution in [0.2, 0.25) is 0 Å². The van der Waals surface area contributed by atoms with E-state index < -0.39 is 0 Å². The van der Waals surface area contributed by atoms with Crippen LogP contribution in [0.5, 0.6) is 0 Å². The lowest BCUT2D eigenvalue weighted by Crippen LogP contribution is -2.27. The Balaban J connectivity index is 2.94. The van der Waals surface area contributed by atoms with Crippen LogP contribution in [0.3, 0.4) is 0 Å². The van der Waals surface area contributed by atoms with Gasteiger partial charge in [-0.3, -0.25) is 0 Å². The van der Waals surface area contributed by atoms with Crippen LogP contribution in [0, 0.1) is 12.1 Å². The fourth-order valence-corrected chi connectivity index (χ4v) is 1.10. The predicted molar refractivity (Wildman–Crippen MR) is 39.8 cm³/mol. The van der Waals surface area contributed by atoms with Crippen molar-refractivity contribution in [1.29, 1.82) is 0 Å². The fourth-order valence-electron chi connectivity index (χ4n) is 1.10. The molecule has 56 valence electrons. The summed E-state index contributed by atoms with van der Waals surface area (Å²) in [5.74, 6) is 0. The number of benzene rings is 1. The topological polar surface area (TPSA) is 55.6 Å². The van der Waals surface area contributed by atoms with Crippen molar-refractivity contribution in [2.75, 3.05) is 0 Å². The van der Waals surface area contributed by atoms with Crippen molar-refractivity contribution in [3.05, 3.63) is 29.0 Å². The highest BCUT2D eigenvalue weighted by Gasteiger charge is 2.08. The number of nitrogens with one attached hydrogen (secondary N) is 1. The third kappa shape index (κ3) is 0.756. The molecule has 0 atom stereocenters. The Morgan fingerprint density at radius 2 is 2.36 bits per heavy atom. The van der Waals surface area contributed by atoms with Gasteiger partial charge in [-0.1, -0.05) is 17.3 Å². The molecule has 0 bridgehead atoms. The van der Waals surface area contributed by atoms with Gasteiger partial charge in [-0.25, -0.2) is 0 Å². The van der Waals surface area contributed by atoms with E-state index in [2.05, 4.69) is 10.3 Å². The quantitative estimate of drug-likeness (QED) is 0.438. The minimum atomic E-state index is 0.588. The summed E-state index contributed by atoms with van der Waals surface area (Å²) in [7, 11) is 0. The molecule has 4 heteroatoms. The molecule has 0 amide bonds. The van der Waals surface area contributed by atoms with Gasteiger partial charge in [0.25, 0.3) is 5.52 Å². The number of para-hydroxylation sites is 1. The number of aryl methyl sites for hydroxylation is 1. The normalized spacial score (nSPS) is 10.6. The zero-order valence-corrected chi connectivity index (χ0v) is 6.03. The number of nitrogens with zero attached hydrogens (tertiary/aromatic N) is 2. The number of H-pyrrole nitrogens is 1. The van der Waals surface area contributed by atoms with Crippen LogP contribution < -0.4 is 4.85 Å². The Labute approximate surface area is 63.0 Å². The van der Waals surface area contributed by atoms with Crippen LogP contribution in [-0.2, 0) is 0 Å². The lowest BCUT2D eigenvalue weighted by molar-refractivity contribution is -0.644. The predicted octanol–water partition coefficient (Wildman–Crippen LogP) is 0.505. The summed E-state index contributed by atoms with van der Waals surface area (Å²) in [5.41, 5.74) is 2.33. The minimum absolute atomic E-state index is 0.588. The molecule has 0 saturated carbocycles. The fraction of sp³-hybridized carbons (Fsp3) is 0.143. The summed E-state index contributed by atoms with van der Waals surface area (Å²) >= 11 is 0. The molecule has 0 spiro atoms. The Kier molecular flexibility index (Phi) is 1.09. The van der Waals surface area contributed by atoms with Crippen molar-refractivity contribution in [2.45, 2.75) is 6.92 Å². The molecule has 0 unspecified atom stereocenters. The number of hydrogen-bond donors (Lipinski definition) is 1. The molecule has 2 aromatic rings. The Morgan fingerprint density at radius 3 is 3.09 bits per heavy atom. The van der Waals surface area contributed by atoms with E-state index >= 15 is 0 Å². The molecular weight excluding hydrogens is 142 g/mol. The highest BCUT2D eigenvalue weighted by Crippen LogP contribution is 2.09. The van der Waals surface area contributed by atoms with Gasteiger partial charge in [0.05, 0.1) is 0 Å². The molecule has 1 N–H and O–H groups in total. The lowest BCUT2D eigenvalue weighted by Gasteiger charge is -1.92. The zero-order valence-electron chi connectivity index (χ0n) is 6.03. The van der Waals surface area contributed by atoms with E-state index in [1.807, 2.05) is 19.1 Å². The van der Waals surface area contributed by atoms with Crippen molar-refractivity contribution in [3.63, 3.8) is 0 Å². The number of hydrogen-bond acceptors (Lipinski definition) is 2. The molecule has 4 nitrogen and oxygen atoms in total. The minimum Gasteiger partial charge on any atom is -0.692 e. The SMILES string of the molecule is Cc1cccc2c1n[nH][n+]2[O-]. The largest absolute Gasteiger partial charge is 0.692 e. The van der Waals surface area contributed by atoms with Gasteiger partial charge in [-0.05, 0) is 13.0 Å². The first-order valence-electron chi connectivity index (χ1n) is 3.32. The molecule has 0 fully saturated rings. The molecule has 1 aromatic carbocycles. The van der Waals surface area contributed by atoms with Gasteiger partial charge in [-0.2, -0.15) is 4.85 Å². The smallest absolute Gasteiger partial charge is 0.252 e. The summed E-state index contributed by atoms with van der Waals surface area (Å²) in [6, 6.07) is 5.49. The molecule has 0 saturated heterocycles. The van der Waals surface area contributed by atoms with Crippen molar-refractivity contribution in [2.24, 2.45) is 0 Å². The summed E-state index contributed by atoms with van der Waals surface area (Å²) in [6.45, 7) is 1.92. The average molecular weight is 149 g/mol. The standard InChI is InChI=1S/C7H7N3O/c1-5-3-2-4-6-7(5)8-9-10(6)11/h2-4,9H,1H3. The second-order valence-electron chi connectivity index (χ2n) is 2.45. The Bertz CT molecular complexity index is 393. The van der Waals surface area contributed by atoms with Crippen molar-refractivity contribution in [3.8, 4) is 0 Å². The maximum atomic E-state index is 10.9. The Morgan fingerprint density at radius 1 is 1.55 bits per heavy atom. The van der Waals surface area contributed by atoms with E-state index in [1.54, 1.807) is 6.07 Å². The maximum absolute atomic E-state index is 10.9. The van der Waals surface area contributed by atoms with E-state index in [-0.39, 0.29) is 0 Å². The van der Waals surface area contributed by atoms with Gasteiger partial charge < -0.3 is 5.21 Å². The number of rotatable bonds is 0. The van der Waals surface area contributed by atoms with Gasteiger partial charge in [0, 0.05) is 10.7 Å². The van der Waals surface area contributed by atoms with E-state index in [4.69, 9.17) is 0 Å². The zero-order chi connectivity index (χ0) is 7.84. The summed E-state index contributed by atoms with van der Waals surface area (Å²) in [6.07, 6.45) is 0. The number of aromatic nitrogens is 3. The van der Waals surface area contributed by atoms with Gasteiger partial charge in [0.15, 0.2) is 0 Å². The summed E-state index contributed by atoms with van der Waals surface area (Å²) in [5, 5.41) is 17.1. The third-order valence-electron chi connectivity index (χ3n) is 1.69. The van der Waals surface area contributed by atoms with Crippen LogP contribution in [-0.4, -0.2) is 10.3 Å². The van der Waals surface area contributed by atoms with Gasteiger partial charge in [0.2, 0.25) is 5.52 Å². The molecule has 0 radical (unpaired) electrons. The molecule has 0 aliphatic heterocycles. The first-order valence-corrected chi connectivity index (χ1v) is 3.32. The Hall–Kier alpha value is -1.58. The lowest BCUT2D eigenvalue weighted by atomic mass is 10.2. The van der Waals surface area contributed by atoms with E-state index in [0.29, 0.717) is 10.4 Å². The van der Waals surface area contributed by atoms with Gasteiger partial charge in [-0.15, -0.1) is 0 Å². The van der Waals surface area contributed by atoms with Crippen molar-refractivity contribution in [1.82, 2.24) is 10.3 Å². The molecule has 0 aliphatic rings. The second kappa shape index (κ2) is 1.95. The van der Waals surface area contributed by atoms with Crippen LogP contribution in [0.15, 0.2) is 18.2 Å². The molecular formula is C7H7N3O. The first-order chi connectivity index (χ1) is 5.29. The monoisotopic (exact) mass is 149 g/mol. The van der Waals surface area contributed by atoms with Crippen LogP contribution in [0.25, 0.3) is 11.0 Å². The van der Waals surface area contributed by atoms with E-state index in [0.717, 1.165) is 11.1 Å². The second-order valence-corrected chi connectivity index (χ2v) is 2.45. The molecule has 1 heterocycles. The highest BCUT2D eigenvalue weighted by molar-refractivity contribution is 5.74. The summed E-state index contributed by atoms with van der Waals surface area (Å²) in [4.78, 5) is 0.655. The van der Waals surface area contributed by atoms with Crippen LogP contribution >= 0.6 is 0 Å². The van der Waals surface area contributed by atoms with E-state index in [1.165, 1.54) is 0 Å². The van der Waals surface area contributed by atoms with Crippen molar-refractivity contribution >= 4 is 11.0 Å². The molecule has 11 heavy (non-hydrogen) atoms. The van der Waals surface area contributed by atoms with Crippen LogP contribution in [0.1, 0.15) is 5.56 Å². The third-order valence-corrected chi connectivity index (χ3v) is 1.69. The number of fused-ring (bicyclic) bond motifs is 1. The van der Waals surface area contributed by atoms with Gasteiger partial charge in [0.1, 0.15) is 0 Å². The average Bonchev–Trinajstić information content (AvgIpc) is 2.35. The molecule has 1 aromatic heterocycles. The molecule has 2 rings (SSSR count). The van der Waals surface area contributed by atoms with Crippen LogP contribution in [0.4, 0.5) is 0 Å². The first kappa shape index (κ1) is 6.15. The van der Waals surface area contributed by atoms with E-state index in [9.17, 15) is 5.21 Å². The van der Waals surface area contributed by atoms with Gasteiger partial charge >= 0.3 is 0 Å². The number of aromatic amines is 1. The summed E-state index contributed by atoms with van der Waals surface area (Å²) < 4.78 is 0. The maximum Gasteiger partial charge on any atom is 0.252 e. The highest BCUT2D eigenvalue weighted by atomic mass is 16.5.